The lowest BCUT2D eigenvalue weighted by Crippen LogP contribution is -2.51. The zero-order valence-electron chi connectivity index (χ0n) is 13.0. The van der Waals surface area contributed by atoms with Gasteiger partial charge in [0, 0.05) is 31.8 Å². The fourth-order valence-electron chi connectivity index (χ4n) is 2.31. The Morgan fingerprint density at radius 1 is 1.21 bits per heavy atom. The summed E-state index contributed by atoms with van der Waals surface area (Å²) in [5, 5.41) is 6.66. The molecule has 5 nitrogen and oxygen atoms in total. The van der Waals surface area contributed by atoms with E-state index in [-0.39, 0.29) is 5.54 Å². The molecule has 5 heteroatoms. The van der Waals surface area contributed by atoms with E-state index in [1.54, 1.807) is 0 Å². The maximum absolute atomic E-state index is 5.49. The number of nitrogens with zero attached hydrogens (tertiary/aromatic N) is 2. The molecule has 0 aromatic heterocycles. The minimum absolute atomic E-state index is 0.146. The number of rotatable bonds is 6. The topological polar surface area (TPSA) is 48.9 Å². The largest absolute Gasteiger partial charge is 0.381 e. The lowest BCUT2D eigenvalue weighted by Gasteiger charge is -2.41. The molecule has 0 radical (unpaired) electrons. The molecule has 1 aliphatic rings. The van der Waals surface area contributed by atoms with Crippen LogP contribution in [0.5, 0.6) is 0 Å². The van der Waals surface area contributed by atoms with Crippen LogP contribution in [0.4, 0.5) is 0 Å². The Balaban J connectivity index is 2.65. The van der Waals surface area contributed by atoms with Gasteiger partial charge in [0.15, 0.2) is 5.96 Å². The summed E-state index contributed by atoms with van der Waals surface area (Å²) in [6.07, 6.45) is 3.21. The molecule has 19 heavy (non-hydrogen) atoms. The average Bonchev–Trinajstić information content (AvgIpc) is 2.43. The minimum atomic E-state index is 0.146. The summed E-state index contributed by atoms with van der Waals surface area (Å²) < 4.78 is 5.49. The molecular formula is C14H30N4O. The van der Waals surface area contributed by atoms with Crippen LogP contribution < -0.4 is 10.6 Å². The van der Waals surface area contributed by atoms with Crippen LogP contribution in [0.2, 0.25) is 0 Å². The van der Waals surface area contributed by atoms with Crippen molar-refractivity contribution in [2.24, 2.45) is 4.99 Å². The fraction of sp³-hybridized carbons (Fsp3) is 0.929. The van der Waals surface area contributed by atoms with Crippen LogP contribution >= 0.6 is 0 Å². The van der Waals surface area contributed by atoms with Crippen LogP contribution in [0.15, 0.2) is 4.99 Å². The highest BCUT2D eigenvalue weighted by Gasteiger charge is 2.34. The molecule has 0 amide bonds. The third kappa shape index (κ3) is 4.99. The van der Waals surface area contributed by atoms with Gasteiger partial charge >= 0.3 is 0 Å². The van der Waals surface area contributed by atoms with Crippen LogP contribution in [0.3, 0.4) is 0 Å². The van der Waals surface area contributed by atoms with Crippen molar-refractivity contribution >= 4 is 5.96 Å². The van der Waals surface area contributed by atoms with Crippen molar-refractivity contribution in [1.82, 2.24) is 15.5 Å². The Kier molecular flexibility index (Phi) is 7.16. The highest BCUT2D eigenvalue weighted by atomic mass is 16.5. The van der Waals surface area contributed by atoms with Gasteiger partial charge in [0.05, 0.1) is 6.54 Å². The molecule has 0 unspecified atom stereocenters. The van der Waals surface area contributed by atoms with Gasteiger partial charge in [-0.2, -0.15) is 0 Å². The molecule has 1 fully saturated rings. The van der Waals surface area contributed by atoms with Crippen molar-refractivity contribution in [3.8, 4) is 0 Å². The summed E-state index contributed by atoms with van der Waals surface area (Å²) in [5.41, 5.74) is 0.146. The van der Waals surface area contributed by atoms with Crippen LogP contribution in [-0.2, 0) is 4.74 Å². The van der Waals surface area contributed by atoms with E-state index in [1.807, 2.05) is 0 Å². The number of aliphatic imine (C=N–C) groups is 1. The van der Waals surface area contributed by atoms with E-state index in [2.05, 4.69) is 43.5 Å². The Bertz CT molecular complexity index is 273. The third-order valence-corrected chi connectivity index (χ3v) is 3.79. The predicted molar refractivity (Wildman–Crippen MR) is 80.7 cm³/mol. The highest BCUT2D eigenvalue weighted by Crippen LogP contribution is 2.26. The standard InChI is InChI=1S/C14H30N4O/c1-5-9-16-13(15-6-2)17-12-14(18(3)4)7-10-19-11-8-14/h5-12H2,1-4H3,(H2,15,16,17). The lowest BCUT2D eigenvalue weighted by molar-refractivity contribution is -0.00254. The van der Waals surface area contributed by atoms with Crippen molar-refractivity contribution in [3.05, 3.63) is 0 Å². The molecule has 0 saturated carbocycles. The van der Waals surface area contributed by atoms with Gasteiger partial charge in [-0.3, -0.25) is 4.99 Å². The molecule has 112 valence electrons. The second-order valence-electron chi connectivity index (χ2n) is 5.35. The SMILES string of the molecule is CCCNC(=NCC1(N(C)C)CCOCC1)NCC. The molecule has 1 aliphatic heterocycles. The zero-order valence-corrected chi connectivity index (χ0v) is 13.0. The van der Waals surface area contributed by atoms with E-state index in [4.69, 9.17) is 9.73 Å². The summed E-state index contributed by atoms with van der Waals surface area (Å²) >= 11 is 0. The molecular weight excluding hydrogens is 240 g/mol. The Hall–Kier alpha value is -0.810. The number of hydrogen-bond acceptors (Lipinski definition) is 3. The number of ether oxygens (including phenoxy) is 1. The van der Waals surface area contributed by atoms with Crippen LogP contribution in [0.25, 0.3) is 0 Å². The summed E-state index contributed by atoms with van der Waals surface area (Å²) in [7, 11) is 4.29. The average molecular weight is 270 g/mol. The van der Waals surface area contributed by atoms with Gasteiger partial charge in [-0.05, 0) is 40.3 Å². The van der Waals surface area contributed by atoms with Crippen molar-refractivity contribution in [2.75, 3.05) is 46.9 Å². The first-order valence-electron chi connectivity index (χ1n) is 7.42. The molecule has 0 spiro atoms. The second-order valence-corrected chi connectivity index (χ2v) is 5.35. The van der Waals surface area contributed by atoms with E-state index in [9.17, 15) is 0 Å². The summed E-state index contributed by atoms with van der Waals surface area (Å²) in [4.78, 5) is 7.07. The van der Waals surface area contributed by atoms with Gasteiger partial charge in [-0.15, -0.1) is 0 Å². The zero-order chi connectivity index (χ0) is 14.1. The van der Waals surface area contributed by atoms with Crippen molar-refractivity contribution in [3.63, 3.8) is 0 Å². The minimum Gasteiger partial charge on any atom is -0.381 e. The quantitative estimate of drug-likeness (QED) is 0.560. The van der Waals surface area contributed by atoms with Crippen LogP contribution in [-0.4, -0.2) is 63.3 Å². The molecule has 2 N–H and O–H groups in total. The number of guanidine groups is 1. The maximum Gasteiger partial charge on any atom is 0.191 e. The Morgan fingerprint density at radius 3 is 2.42 bits per heavy atom. The monoisotopic (exact) mass is 270 g/mol. The van der Waals surface area contributed by atoms with Gasteiger partial charge in [0.25, 0.3) is 0 Å². The normalized spacial score (nSPS) is 19.5. The lowest BCUT2D eigenvalue weighted by atomic mass is 9.89. The summed E-state index contributed by atoms with van der Waals surface area (Å²) in [6.45, 7) is 8.62. The van der Waals surface area contributed by atoms with E-state index in [1.165, 1.54) is 0 Å². The second kappa shape index (κ2) is 8.38. The van der Waals surface area contributed by atoms with Crippen LogP contribution in [0, 0.1) is 0 Å². The Morgan fingerprint density at radius 2 is 1.89 bits per heavy atom. The third-order valence-electron chi connectivity index (χ3n) is 3.79. The summed E-state index contributed by atoms with van der Waals surface area (Å²) in [6, 6.07) is 0. The van der Waals surface area contributed by atoms with E-state index in [0.29, 0.717) is 0 Å². The molecule has 1 heterocycles. The number of nitrogens with one attached hydrogen (secondary N) is 2. The van der Waals surface area contributed by atoms with Gasteiger partial charge in [-0.25, -0.2) is 0 Å². The maximum atomic E-state index is 5.49. The van der Waals surface area contributed by atoms with E-state index in [0.717, 1.165) is 58.1 Å². The smallest absolute Gasteiger partial charge is 0.191 e. The van der Waals surface area contributed by atoms with Gasteiger partial charge in [0.2, 0.25) is 0 Å². The van der Waals surface area contributed by atoms with Gasteiger partial charge in [-0.1, -0.05) is 6.92 Å². The Labute approximate surface area is 117 Å². The predicted octanol–water partition coefficient (Wildman–Crippen LogP) is 1.06. The molecule has 0 aromatic rings. The van der Waals surface area contributed by atoms with Crippen LogP contribution in [0.1, 0.15) is 33.1 Å². The molecule has 0 atom stereocenters. The van der Waals surface area contributed by atoms with Crippen molar-refractivity contribution in [2.45, 2.75) is 38.6 Å². The van der Waals surface area contributed by atoms with Gasteiger partial charge < -0.3 is 20.3 Å². The first-order valence-corrected chi connectivity index (χ1v) is 7.42. The molecule has 1 rings (SSSR count). The molecule has 1 saturated heterocycles. The first-order chi connectivity index (χ1) is 9.14. The molecule has 0 bridgehead atoms. The molecule has 0 aromatic carbocycles. The summed E-state index contributed by atoms with van der Waals surface area (Å²) in [5.74, 6) is 0.928. The highest BCUT2D eigenvalue weighted by molar-refractivity contribution is 5.79. The molecule has 0 aliphatic carbocycles. The van der Waals surface area contributed by atoms with Crippen molar-refractivity contribution in [1.29, 1.82) is 0 Å². The first kappa shape index (κ1) is 16.2. The number of hydrogen-bond donors (Lipinski definition) is 2. The van der Waals surface area contributed by atoms with Gasteiger partial charge in [0.1, 0.15) is 0 Å². The van der Waals surface area contributed by atoms with E-state index >= 15 is 0 Å². The van der Waals surface area contributed by atoms with E-state index < -0.39 is 0 Å². The van der Waals surface area contributed by atoms with Crippen molar-refractivity contribution < 1.29 is 4.74 Å². The fourth-order valence-corrected chi connectivity index (χ4v) is 2.31. The number of likely N-dealkylation sites (N-methyl/N-ethyl adjacent to an activating group) is 1.